The highest BCUT2D eigenvalue weighted by molar-refractivity contribution is 5.63. The third kappa shape index (κ3) is 2.64. The average Bonchev–Trinajstić information content (AvgIpc) is 3.16. The van der Waals surface area contributed by atoms with Gasteiger partial charge < -0.3 is 15.5 Å². The molecule has 1 aliphatic carbocycles. The van der Waals surface area contributed by atoms with E-state index in [0.717, 1.165) is 6.54 Å². The van der Waals surface area contributed by atoms with Crippen LogP contribution in [0.4, 0.5) is 11.6 Å². The van der Waals surface area contributed by atoms with Gasteiger partial charge in [0.2, 0.25) is 5.75 Å². The molecule has 1 fully saturated rings. The first-order chi connectivity index (χ1) is 8.74. The number of hydrazine groups is 1. The summed E-state index contributed by atoms with van der Waals surface area (Å²) in [5.41, 5.74) is 2.97. The maximum absolute atomic E-state index is 5.39. The quantitative estimate of drug-likeness (QED) is 0.506. The molecule has 2 rings (SSSR count). The van der Waals surface area contributed by atoms with Gasteiger partial charge in [0.15, 0.2) is 11.6 Å². The van der Waals surface area contributed by atoms with Gasteiger partial charge in [-0.25, -0.2) is 15.8 Å². The molecule has 6 nitrogen and oxygen atoms in total. The fourth-order valence-corrected chi connectivity index (χ4v) is 2.29. The summed E-state index contributed by atoms with van der Waals surface area (Å²) in [6.45, 7) is 3.15. The molecule has 1 aromatic heterocycles. The fourth-order valence-electron chi connectivity index (χ4n) is 2.29. The van der Waals surface area contributed by atoms with E-state index in [1.54, 1.807) is 7.11 Å². The first kappa shape index (κ1) is 12.9. The Labute approximate surface area is 107 Å². The maximum Gasteiger partial charge on any atom is 0.205 e. The van der Waals surface area contributed by atoms with Gasteiger partial charge in [-0.05, 0) is 24.7 Å². The second kappa shape index (κ2) is 5.39. The number of hydrogen-bond acceptors (Lipinski definition) is 6. The molecule has 0 aromatic carbocycles. The van der Waals surface area contributed by atoms with Crippen molar-refractivity contribution in [2.75, 3.05) is 24.4 Å². The number of hydrogen-bond donors (Lipinski definition) is 3. The molecule has 0 atom stereocenters. The fraction of sp³-hybridized carbons (Fsp3) is 0.667. The van der Waals surface area contributed by atoms with Crippen molar-refractivity contribution < 1.29 is 4.74 Å². The van der Waals surface area contributed by atoms with Gasteiger partial charge in [-0.15, -0.1) is 0 Å². The van der Waals surface area contributed by atoms with Crippen molar-refractivity contribution >= 4 is 11.6 Å². The molecule has 1 aliphatic rings. The second-order valence-corrected chi connectivity index (χ2v) is 4.85. The molecule has 0 saturated heterocycles. The van der Waals surface area contributed by atoms with Gasteiger partial charge in [0.05, 0.1) is 7.11 Å². The molecule has 1 aromatic rings. The summed E-state index contributed by atoms with van der Waals surface area (Å²) < 4.78 is 5.28. The molecule has 4 N–H and O–H groups in total. The molecule has 0 spiro atoms. The van der Waals surface area contributed by atoms with Crippen LogP contribution in [0.15, 0.2) is 6.33 Å². The zero-order chi connectivity index (χ0) is 13.0. The molecule has 1 heterocycles. The Balaban J connectivity index is 2.05. The van der Waals surface area contributed by atoms with Crippen molar-refractivity contribution in [3.8, 4) is 5.75 Å². The van der Waals surface area contributed by atoms with E-state index in [1.807, 2.05) is 0 Å². The Morgan fingerprint density at radius 1 is 1.39 bits per heavy atom. The summed E-state index contributed by atoms with van der Waals surface area (Å²) in [6, 6.07) is 0. The number of nitrogens with one attached hydrogen (secondary N) is 2. The van der Waals surface area contributed by atoms with Crippen LogP contribution >= 0.6 is 0 Å². The highest BCUT2D eigenvalue weighted by atomic mass is 16.5. The Kier molecular flexibility index (Phi) is 3.86. The number of methoxy groups -OCH3 is 1. The molecular weight excluding hydrogens is 230 g/mol. The highest BCUT2D eigenvalue weighted by Crippen LogP contribution is 2.49. The summed E-state index contributed by atoms with van der Waals surface area (Å²) in [7, 11) is 1.59. The third-order valence-corrected chi connectivity index (χ3v) is 3.51. The lowest BCUT2D eigenvalue weighted by Crippen LogP contribution is -2.18. The van der Waals surface area contributed by atoms with E-state index in [4.69, 9.17) is 10.6 Å². The number of nitrogens with zero attached hydrogens (tertiary/aromatic N) is 2. The van der Waals surface area contributed by atoms with Crippen LogP contribution in [-0.4, -0.2) is 23.6 Å². The molecule has 0 aliphatic heterocycles. The van der Waals surface area contributed by atoms with E-state index in [-0.39, 0.29) is 0 Å². The summed E-state index contributed by atoms with van der Waals surface area (Å²) in [6.07, 6.45) is 6.54. The minimum atomic E-state index is 0.459. The lowest BCUT2D eigenvalue weighted by molar-refractivity contribution is 0.413. The van der Waals surface area contributed by atoms with E-state index in [0.29, 0.717) is 22.8 Å². The molecular formula is C12H21N5O. The Morgan fingerprint density at radius 2 is 2.11 bits per heavy atom. The molecule has 0 radical (unpaired) electrons. The zero-order valence-electron chi connectivity index (χ0n) is 11.0. The topological polar surface area (TPSA) is 85.1 Å². The lowest BCUT2D eigenvalue weighted by Gasteiger charge is -2.17. The van der Waals surface area contributed by atoms with Crippen LogP contribution in [0, 0.1) is 5.41 Å². The molecule has 0 bridgehead atoms. The molecule has 0 amide bonds. The van der Waals surface area contributed by atoms with Gasteiger partial charge in [-0.1, -0.05) is 13.3 Å². The molecule has 100 valence electrons. The van der Waals surface area contributed by atoms with Gasteiger partial charge in [-0.3, -0.25) is 0 Å². The average molecular weight is 251 g/mol. The first-order valence-corrected chi connectivity index (χ1v) is 6.34. The van der Waals surface area contributed by atoms with Crippen molar-refractivity contribution in [1.82, 2.24) is 9.97 Å². The number of anilines is 2. The first-order valence-electron chi connectivity index (χ1n) is 6.34. The minimum Gasteiger partial charge on any atom is -0.490 e. The van der Waals surface area contributed by atoms with Crippen molar-refractivity contribution in [2.45, 2.75) is 32.6 Å². The van der Waals surface area contributed by atoms with Gasteiger partial charge in [0, 0.05) is 6.54 Å². The van der Waals surface area contributed by atoms with Gasteiger partial charge in [0.1, 0.15) is 6.33 Å². The maximum atomic E-state index is 5.39. The Morgan fingerprint density at radius 3 is 2.67 bits per heavy atom. The number of rotatable bonds is 7. The van der Waals surface area contributed by atoms with Crippen LogP contribution < -0.4 is 21.3 Å². The standard InChI is InChI=1S/C12H21N5O/c1-3-4-12(5-6-12)7-14-10-9(18-2)11(17-13)16-8-15-10/h8H,3-7,13H2,1-2H3,(H2,14,15,16,17). The summed E-state index contributed by atoms with van der Waals surface area (Å²) in [5.74, 6) is 7.14. The van der Waals surface area contributed by atoms with Crippen molar-refractivity contribution in [3.05, 3.63) is 6.33 Å². The predicted molar refractivity (Wildman–Crippen MR) is 71.5 cm³/mol. The third-order valence-electron chi connectivity index (χ3n) is 3.51. The van der Waals surface area contributed by atoms with E-state index in [9.17, 15) is 0 Å². The van der Waals surface area contributed by atoms with E-state index in [1.165, 1.54) is 32.0 Å². The van der Waals surface area contributed by atoms with Crippen molar-refractivity contribution in [2.24, 2.45) is 11.3 Å². The summed E-state index contributed by atoms with van der Waals surface area (Å²) in [5, 5.41) is 3.35. The molecule has 6 heteroatoms. The van der Waals surface area contributed by atoms with Crippen LogP contribution in [0.2, 0.25) is 0 Å². The van der Waals surface area contributed by atoms with Gasteiger partial charge in [-0.2, -0.15) is 0 Å². The molecule has 18 heavy (non-hydrogen) atoms. The van der Waals surface area contributed by atoms with Crippen molar-refractivity contribution in [3.63, 3.8) is 0 Å². The summed E-state index contributed by atoms with van der Waals surface area (Å²) >= 11 is 0. The zero-order valence-corrected chi connectivity index (χ0v) is 11.0. The van der Waals surface area contributed by atoms with Crippen LogP contribution in [0.1, 0.15) is 32.6 Å². The van der Waals surface area contributed by atoms with Gasteiger partial charge >= 0.3 is 0 Å². The molecule has 0 unspecified atom stereocenters. The Hall–Kier alpha value is -1.56. The molecule has 1 saturated carbocycles. The normalized spacial score (nSPS) is 16.2. The monoisotopic (exact) mass is 251 g/mol. The number of aromatic nitrogens is 2. The second-order valence-electron chi connectivity index (χ2n) is 4.85. The number of nitrogens with two attached hydrogens (primary N) is 1. The smallest absolute Gasteiger partial charge is 0.205 e. The Bertz CT molecular complexity index is 405. The van der Waals surface area contributed by atoms with Crippen LogP contribution in [0.3, 0.4) is 0 Å². The predicted octanol–water partition coefficient (Wildman–Crippen LogP) is 1.76. The van der Waals surface area contributed by atoms with E-state index in [2.05, 4.69) is 27.6 Å². The van der Waals surface area contributed by atoms with Crippen molar-refractivity contribution in [1.29, 1.82) is 0 Å². The summed E-state index contributed by atoms with van der Waals surface area (Å²) in [4.78, 5) is 8.22. The van der Waals surface area contributed by atoms with Crippen LogP contribution in [0.5, 0.6) is 5.75 Å². The minimum absolute atomic E-state index is 0.459. The van der Waals surface area contributed by atoms with Gasteiger partial charge in [0.25, 0.3) is 0 Å². The number of ether oxygens (including phenoxy) is 1. The largest absolute Gasteiger partial charge is 0.490 e. The number of nitrogen functional groups attached to an aromatic ring is 1. The van der Waals surface area contributed by atoms with Crippen LogP contribution in [0.25, 0.3) is 0 Å². The SMILES string of the molecule is CCCC1(CNc2ncnc(NN)c2OC)CC1. The van der Waals surface area contributed by atoms with Crippen LogP contribution in [-0.2, 0) is 0 Å². The lowest BCUT2D eigenvalue weighted by atomic mass is 10.0. The van der Waals surface area contributed by atoms with E-state index < -0.39 is 0 Å². The van der Waals surface area contributed by atoms with E-state index >= 15 is 0 Å². The highest BCUT2D eigenvalue weighted by Gasteiger charge is 2.41.